The molecule has 5 nitrogen and oxygen atoms in total. The first-order valence-corrected chi connectivity index (χ1v) is 10.9. The molecule has 0 unspecified atom stereocenters. The van der Waals surface area contributed by atoms with E-state index in [9.17, 15) is 9.18 Å². The average Bonchev–Trinajstić information content (AvgIpc) is 2.96. The number of fused-ring (bicyclic) bond motifs is 1. The zero-order chi connectivity index (χ0) is 20.2. The van der Waals surface area contributed by atoms with Gasteiger partial charge in [-0.2, -0.15) is 0 Å². The summed E-state index contributed by atoms with van der Waals surface area (Å²) >= 11 is 7.48. The number of carbonyl (C=O) groups excluding carboxylic acids is 1. The molecule has 1 aliphatic rings. The Bertz CT molecular complexity index is 1040. The Labute approximate surface area is 177 Å². The first-order chi connectivity index (χ1) is 14.1. The highest BCUT2D eigenvalue weighted by molar-refractivity contribution is 8.00. The number of hydrogen-bond donors (Lipinski definition) is 1. The molecule has 150 valence electrons. The normalized spacial score (nSPS) is 13.6. The van der Waals surface area contributed by atoms with Crippen LogP contribution in [0.25, 0.3) is 11.4 Å². The Morgan fingerprint density at radius 3 is 2.90 bits per heavy atom. The van der Waals surface area contributed by atoms with Crippen LogP contribution in [0.4, 0.5) is 10.1 Å². The van der Waals surface area contributed by atoms with E-state index >= 15 is 0 Å². The second-order valence-electron chi connectivity index (χ2n) is 6.86. The fourth-order valence-electron chi connectivity index (χ4n) is 3.36. The summed E-state index contributed by atoms with van der Waals surface area (Å²) < 4.78 is 16.5. The maximum Gasteiger partial charge on any atom is 0.234 e. The number of carbonyl (C=O) groups is 1. The fraction of sp³-hybridized carbons (Fsp3) is 0.286. The quantitative estimate of drug-likeness (QED) is 0.565. The lowest BCUT2D eigenvalue weighted by molar-refractivity contribution is -0.113. The van der Waals surface area contributed by atoms with Crippen LogP contribution in [0.5, 0.6) is 0 Å². The molecule has 8 heteroatoms. The Balaban J connectivity index is 1.49. The molecule has 2 aromatic carbocycles. The van der Waals surface area contributed by atoms with Crippen LogP contribution >= 0.6 is 23.4 Å². The predicted molar refractivity (Wildman–Crippen MR) is 114 cm³/mol. The molecule has 1 N–H and O–H groups in total. The average molecular weight is 431 g/mol. The number of hydrogen-bond acceptors (Lipinski definition) is 4. The number of benzene rings is 2. The van der Waals surface area contributed by atoms with Crippen LogP contribution in [0, 0.1) is 5.82 Å². The van der Waals surface area contributed by atoms with Crippen molar-refractivity contribution in [3.05, 3.63) is 59.1 Å². The van der Waals surface area contributed by atoms with Crippen LogP contribution in [0.15, 0.2) is 47.4 Å². The number of aryl methyl sites for hydroxylation is 1. The smallest absolute Gasteiger partial charge is 0.234 e. The van der Waals surface area contributed by atoms with Gasteiger partial charge in [-0.1, -0.05) is 30.2 Å². The summed E-state index contributed by atoms with van der Waals surface area (Å²) in [7, 11) is 0. The minimum absolute atomic E-state index is 0.187. The highest BCUT2D eigenvalue weighted by atomic mass is 35.5. The van der Waals surface area contributed by atoms with E-state index in [-0.39, 0.29) is 17.5 Å². The standard InChI is InChI=1S/C21H20ClFN4OS/c22-16-6-3-4-7-18(16)29-13-20(28)24-14-9-10-17(23)15(12-14)21-26-25-19-8-2-1-5-11-27(19)21/h3-4,6-7,9-10,12H,1-2,5,8,11,13H2,(H,24,28). The second-order valence-corrected chi connectivity index (χ2v) is 8.29. The van der Waals surface area contributed by atoms with E-state index in [1.54, 1.807) is 18.2 Å². The number of thioether (sulfide) groups is 1. The maximum absolute atomic E-state index is 14.5. The number of aromatic nitrogens is 3. The summed E-state index contributed by atoms with van der Waals surface area (Å²) in [5.41, 5.74) is 0.874. The van der Waals surface area contributed by atoms with Gasteiger partial charge in [0.2, 0.25) is 5.91 Å². The van der Waals surface area contributed by atoms with Crippen molar-refractivity contribution in [1.29, 1.82) is 0 Å². The first-order valence-electron chi connectivity index (χ1n) is 9.51. The van der Waals surface area contributed by atoms with Gasteiger partial charge in [0.25, 0.3) is 0 Å². The van der Waals surface area contributed by atoms with Gasteiger partial charge in [0.15, 0.2) is 5.82 Å². The molecule has 0 fully saturated rings. The lowest BCUT2D eigenvalue weighted by Crippen LogP contribution is -2.14. The van der Waals surface area contributed by atoms with Crippen molar-refractivity contribution in [3.8, 4) is 11.4 Å². The van der Waals surface area contributed by atoms with Crippen molar-refractivity contribution in [3.63, 3.8) is 0 Å². The van der Waals surface area contributed by atoms with E-state index < -0.39 is 0 Å². The van der Waals surface area contributed by atoms with Gasteiger partial charge in [-0.15, -0.1) is 22.0 Å². The Kier molecular flexibility index (Phi) is 6.16. The van der Waals surface area contributed by atoms with Gasteiger partial charge >= 0.3 is 0 Å². The van der Waals surface area contributed by atoms with E-state index in [0.717, 1.165) is 42.9 Å². The topological polar surface area (TPSA) is 59.8 Å². The van der Waals surface area contributed by atoms with Crippen LogP contribution in [0.2, 0.25) is 5.02 Å². The maximum atomic E-state index is 14.5. The number of nitrogens with zero attached hydrogens (tertiary/aromatic N) is 3. The molecular weight excluding hydrogens is 411 g/mol. The molecule has 3 aromatic rings. The molecule has 0 bridgehead atoms. The molecule has 0 atom stereocenters. The molecule has 29 heavy (non-hydrogen) atoms. The number of rotatable bonds is 5. The van der Waals surface area contributed by atoms with Gasteiger partial charge in [-0.05, 0) is 43.2 Å². The Hall–Kier alpha value is -2.38. The van der Waals surface area contributed by atoms with Gasteiger partial charge in [-0.3, -0.25) is 4.79 Å². The van der Waals surface area contributed by atoms with Gasteiger partial charge < -0.3 is 9.88 Å². The predicted octanol–water partition coefficient (Wildman–Crippen LogP) is 5.19. The summed E-state index contributed by atoms with van der Waals surface area (Å²) in [5, 5.41) is 11.9. The van der Waals surface area contributed by atoms with Crippen LogP contribution < -0.4 is 5.32 Å². The summed E-state index contributed by atoms with van der Waals surface area (Å²) in [6.45, 7) is 0.780. The fourth-order valence-corrected chi connectivity index (χ4v) is 4.40. The zero-order valence-corrected chi connectivity index (χ0v) is 17.3. The summed E-state index contributed by atoms with van der Waals surface area (Å²) in [5.74, 6) is 1.04. The van der Waals surface area contributed by atoms with Gasteiger partial charge in [0, 0.05) is 23.5 Å². The van der Waals surface area contributed by atoms with Crippen LogP contribution in [0.1, 0.15) is 25.1 Å². The molecule has 0 spiro atoms. The molecule has 2 heterocycles. The number of halogens is 2. The molecular formula is C21H20ClFN4OS. The third-order valence-corrected chi connectivity index (χ3v) is 6.31. The number of amides is 1. The molecule has 4 rings (SSSR count). The highest BCUT2D eigenvalue weighted by Crippen LogP contribution is 2.29. The van der Waals surface area contributed by atoms with Crippen molar-refractivity contribution in [2.45, 2.75) is 37.1 Å². The Morgan fingerprint density at radius 1 is 1.17 bits per heavy atom. The largest absolute Gasteiger partial charge is 0.325 e. The van der Waals surface area contributed by atoms with Crippen molar-refractivity contribution < 1.29 is 9.18 Å². The minimum Gasteiger partial charge on any atom is -0.325 e. The zero-order valence-electron chi connectivity index (χ0n) is 15.7. The van der Waals surface area contributed by atoms with Crippen molar-refractivity contribution in [2.24, 2.45) is 0 Å². The summed E-state index contributed by atoms with van der Waals surface area (Å²) in [4.78, 5) is 13.2. The molecule has 1 amide bonds. The minimum atomic E-state index is -0.382. The van der Waals surface area contributed by atoms with E-state index in [4.69, 9.17) is 11.6 Å². The summed E-state index contributed by atoms with van der Waals surface area (Å²) in [6, 6.07) is 11.9. The monoisotopic (exact) mass is 430 g/mol. The van der Waals surface area contributed by atoms with Crippen molar-refractivity contribution >= 4 is 35.0 Å². The molecule has 0 radical (unpaired) electrons. The van der Waals surface area contributed by atoms with Gasteiger partial charge in [0.05, 0.1) is 16.3 Å². The molecule has 0 saturated heterocycles. The molecule has 0 aliphatic carbocycles. The van der Waals surface area contributed by atoms with E-state index in [2.05, 4.69) is 15.5 Å². The van der Waals surface area contributed by atoms with Gasteiger partial charge in [0.1, 0.15) is 11.6 Å². The lowest BCUT2D eigenvalue weighted by atomic mass is 10.1. The third-order valence-electron chi connectivity index (χ3n) is 4.80. The SMILES string of the molecule is O=C(CSc1ccccc1Cl)Nc1ccc(F)c(-c2nnc3n2CCCCC3)c1. The second kappa shape index (κ2) is 8.97. The van der Waals surface area contributed by atoms with Crippen LogP contribution in [-0.2, 0) is 17.8 Å². The van der Waals surface area contributed by atoms with Gasteiger partial charge in [-0.25, -0.2) is 4.39 Å². The van der Waals surface area contributed by atoms with Crippen molar-refractivity contribution in [2.75, 3.05) is 11.1 Å². The Morgan fingerprint density at radius 2 is 2.03 bits per heavy atom. The third kappa shape index (κ3) is 4.62. The molecule has 1 aromatic heterocycles. The first kappa shape index (κ1) is 19.9. The van der Waals surface area contributed by atoms with E-state index in [0.29, 0.717) is 22.1 Å². The number of nitrogens with one attached hydrogen (secondary N) is 1. The van der Waals surface area contributed by atoms with E-state index in [1.807, 2.05) is 22.8 Å². The number of anilines is 1. The van der Waals surface area contributed by atoms with E-state index in [1.165, 1.54) is 17.8 Å². The highest BCUT2D eigenvalue weighted by Gasteiger charge is 2.19. The lowest BCUT2D eigenvalue weighted by Gasteiger charge is -2.11. The van der Waals surface area contributed by atoms with Crippen LogP contribution in [0.3, 0.4) is 0 Å². The molecule has 1 aliphatic heterocycles. The van der Waals surface area contributed by atoms with Crippen molar-refractivity contribution in [1.82, 2.24) is 14.8 Å². The summed E-state index contributed by atoms with van der Waals surface area (Å²) in [6.07, 6.45) is 4.07. The molecule has 0 saturated carbocycles. The van der Waals surface area contributed by atoms with Crippen LogP contribution in [-0.4, -0.2) is 26.4 Å².